The van der Waals surface area contributed by atoms with Gasteiger partial charge < -0.3 is 10.0 Å². The molecule has 0 amide bonds. The zero-order valence-corrected chi connectivity index (χ0v) is 10.3. The number of hydrogen-bond donors (Lipinski definition) is 1. The molecule has 98 valence electrons. The highest BCUT2D eigenvalue weighted by Crippen LogP contribution is 2.23. The van der Waals surface area contributed by atoms with Crippen molar-refractivity contribution in [1.29, 1.82) is 0 Å². The summed E-state index contributed by atoms with van der Waals surface area (Å²) in [7, 11) is 0. The van der Waals surface area contributed by atoms with Crippen molar-refractivity contribution < 1.29 is 9.50 Å². The maximum Gasteiger partial charge on any atom is 0.225 e. The molecule has 0 saturated carbocycles. The number of aliphatic hydroxyl groups is 1. The molecule has 1 aliphatic heterocycles. The Kier molecular flexibility index (Phi) is 3.13. The minimum absolute atomic E-state index is 0.282. The first kappa shape index (κ1) is 12.0. The van der Waals surface area contributed by atoms with Crippen molar-refractivity contribution in [2.75, 3.05) is 18.0 Å². The van der Waals surface area contributed by atoms with Gasteiger partial charge in [-0.25, -0.2) is 14.4 Å². The van der Waals surface area contributed by atoms with Crippen LogP contribution in [-0.4, -0.2) is 34.3 Å². The number of benzene rings is 1. The molecule has 1 saturated heterocycles. The Morgan fingerprint density at radius 3 is 2.58 bits per heavy atom. The number of aliphatic hydroxyl groups excluding tert-OH is 1. The highest BCUT2D eigenvalue weighted by Gasteiger charge is 2.22. The fourth-order valence-electron chi connectivity index (χ4n) is 2.24. The van der Waals surface area contributed by atoms with Gasteiger partial charge in [0.2, 0.25) is 5.95 Å². The van der Waals surface area contributed by atoms with Gasteiger partial charge in [-0.3, -0.25) is 0 Å². The molecule has 0 spiro atoms. The van der Waals surface area contributed by atoms with Crippen LogP contribution in [0.3, 0.4) is 0 Å². The first-order valence-electron chi connectivity index (χ1n) is 6.24. The Labute approximate surface area is 110 Å². The second-order valence-electron chi connectivity index (χ2n) is 4.64. The number of nitrogens with zero attached hydrogens (tertiary/aromatic N) is 3. The smallest absolute Gasteiger partial charge is 0.225 e. The molecule has 1 N–H and O–H groups in total. The largest absolute Gasteiger partial charge is 0.391 e. The Bertz CT molecular complexity index is 573. The zero-order valence-electron chi connectivity index (χ0n) is 10.3. The van der Waals surface area contributed by atoms with Crippen LogP contribution < -0.4 is 4.90 Å². The summed E-state index contributed by atoms with van der Waals surface area (Å²) < 4.78 is 13.6. The summed E-state index contributed by atoms with van der Waals surface area (Å²) in [5.41, 5.74) is 1.15. The predicted octanol–water partition coefficient (Wildman–Crippen LogP) is 1.85. The molecule has 4 nitrogen and oxygen atoms in total. The lowest BCUT2D eigenvalue weighted by atomic mass is 10.1. The summed E-state index contributed by atoms with van der Waals surface area (Å²) in [6.07, 6.45) is 3.66. The molecule has 1 unspecified atom stereocenters. The Balaban J connectivity index is 1.85. The van der Waals surface area contributed by atoms with Crippen LogP contribution in [-0.2, 0) is 0 Å². The molecule has 5 heteroatoms. The van der Waals surface area contributed by atoms with Crippen LogP contribution in [0.25, 0.3) is 11.1 Å². The van der Waals surface area contributed by atoms with E-state index >= 15 is 0 Å². The topological polar surface area (TPSA) is 49.2 Å². The summed E-state index contributed by atoms with van der Waals surface area (Å²) in [6.45, 7) is 1.30. The molecular formula is C14H14FN3O. The van der Waals surface area contributed by atoms with Crippen LogP contribution >= 0.6 is 0 Å². The van der Waals surface area contributed by atoms with Gasteiger partial charge in [-0.2, -0.15) is 0 Å². The number of anilines is 1. The van der Waals surface area contributed by atoms with Crippen LogP contribution in [0, 0.1) is 5.82 Å². The summed E-state index contributed by atoms with van der Waals surface area (Å²) in [5.74, 6) is 0.298. The molecule has 0 aliphatic carbocycles. The van der Waals surface area contributed by atoms with E-state index in [1.165, 1.54) is 6.07 Å². The lowest BCUT2D eigenvalue weighted by Crippen LogP contribution is -2.23. The summed E-state index contributed by atoms with van der Waals surface area (Å²) >= 11 is 0. The van der Waals surface area contributed by atoms with E-state index in [1.807, 2.05) is 4.90 Å². The molecule has 2 aromatic rings. The molecule has 2 heterocycles. The molecule has 1 atom stereocenters. The second kappa shape index (κ2) is 4.93. The highest BCUT2D eigenvalue weighted by atomic mass is 19.1. The zero-order chi connectivity index (χ0) is 13.2. The first-order chi connectivity index (χ1) is 9.24. The lowest BCUT2D eigenvalue weighted by molar-refractivity contribution is 0.198. The van der Waals surface area contributed by atoms with Crippen molar-refractivity contribution in [2.45, 2.75) is 12.5 Å². The van der Waals surface area contributed by atoms with Gasteiger partial charge in [0, 0.05) is 36.6 Å². The highest BCUT2D eigenvalue weighted by molar-refractivity contribution is 5.62. The van der Waals surface area contributed by atoms with E-state index in [0.29, 0.717) is 23.6 Å². The molecular weight excluding hydrogens is 245 g/mol. The molecule has 1 aromatic carbocycles. The van der Waals surface area contributed by atoms with Gasteiger partial charge in [0.25, 0.3) is 0 Å². The Hall–Kier alpha value is -2.01. The van der Waals surface area contributed by atoms with Gasteiger partial charge in [0.15, 0.2) is 0 Å². The molecule has 19 heavy (non-hydrogen) atoms. The quantitative estimate of drug-likeness (QED) is 0.894. The number of halogens is 1. The average Bonchev–Trinajstić information content (AvgIpc) is 2.86. The van der Waals surface area contributed by atoms with Crippen LogP contribution in [0.5, 0.6) is 0 Å². The molecule has 1 fully saturated rings. The molecule has 1 aliphatic rings. The van der Waals surface area contributed by atoms with E-state index in [2.05, 4.69) is 9.97 Å². The van der Waals surface area contributed by atoms with Crippen molar-refractivity contribution >= 4 is 5.95 Å². The molecule has 3 rings (SSSR count). The van der Waals surface area contributed by atoms with Gasteiger partial charge in [0.1, 0.15) is 5.82 Å². The third kappa shape index (κ3) is 2.42. The summed E-state index contributed by atoms with van der Waals surface area (Å²) in [6, 6.07) is 6.55. The standard InChI is InChI=1S/C14H14FN3O/c15-13-4-2-1-3-12(13)10-7-16-14(17-8-10)18-6-5-11(19)9-18/h1-4,7-8,11,19H,5-6,9H2. The van der Waals surface area contributed by atoms with Crippen molar-refractivity contribution in [3.8, 4) is 11.1 Å². The number of hydrogen-bond acceptors (Lipinski definition) is 4. The normalized spacial score (nSPS) is 18.8. The lowest BCUT2D eigenvalue weighted by Gasteiger charge is -2.15. The van der Waals surface area contributed by atoms with Gasteiger partial charge in [-0.1, -0.05) is 18.2 Å². The van der Waals surface area contributed by atoms with Crippen molar-refractivity contribution in [2.24, 2.45) is 0 Å². The maximum atomic E-state index is 13.6. The maximum absolute atomic E-state index is 13.6. The fourth-order valence-corrected chi connectivity index (χ4v) is 2.24. The Morgan fingerprint density at radius 1 is 1.21 bits per heavy atom. The summed E-state index contributed by atoms with van der Waals surface area (Å²) in [5, 5.41) is 9.48. The van der Waals surface area contributed by atoms with Crippen LogP contribution in [0.4, 0.5) is 10.3 Å². The van der Waals surface area contributed by atoms with Crippen molar-refractivity contribution in [3.05, 3.63) is 42.5 Å². The predicted molar refractivity (Wildman–Crippen MR) is 70.3 cm³/mol. The minimum Gasteiger partial charge on any atom is -0.391 e. The first-order valence-corrected chi connectivity index (χ1v) is 6.24. The van der Waals surface area contributed by atoms with Crippen molar-refractivity contribution in [1.82, 2.24) is 9.97 Å². The second-order valence-corrected chi connectivity index (χ2v) is 4.64. The van der Waals surface area contributed by atoms with Gasteiger partial charge in [0.05, 0.1) is 6.10 Å². The monoisotopic (exact) mass is 259 g/mol. The van der Waals surface area contributed by atoms with E-state index in [4.69, 9.17) is 0 Å². The van der Waals surface area contributed by atoms with Gasteiger partial charge >= 0.3 is 0 Å². The van der Waals surface area contributed by atoms with Crippen LogP contribution in [0.1, 0.15) is 6.42 Å². The average molecular weight is 259 g/mol. The fraction of sp³-hybridized carbons (Fsp3) is 0.286. The van der Waals surface area contributed by atoms with Crippen molar-refractivity contribution in [3.63, 3.8) is 0 Å². The van der Waals surface area contributed by atoms with E-state index in [1.54, 1.807) is 30.6 Å². The molecule has 0 bridgehead atoms. The van der Waals surface area contributed by atoms with Gasteiger partial charge in [-0.15, -0.1) is 0 Å². The van der Waals surface area contributed by atoms with Gasteiger partial charge in [-0.05, 0) is 12.5 Å². The summed E-state index contributed by atoms with van der Waals surface area (Å²) in [4.78, 5) is 10.4. The van der Waals surface area contributed by atoms with Crippen LogP contribution in [0.15, 0.2) is 36.7 Å². The van der Waals surface area contributed by atoms with E-state index < -0.39 is 0 Å². The Morgan fingerprint density at radius 2 is 1.95 bits per heavy atom. The molecule has 0 radical (unpaired) electrons. The van der Waals surface area contributed by atoms with E-state index in [0.717, 1.165) is 13.0 Å². The number of β-amino-alcohol motifs (C(OH)–C–C–N with tert-alkyl or cyclic N) is 1. The number of rotatable bonds is 2. The minimum atomic E-state index is -0.310. The number of aromatic nitrogens is 2. The van der Waals surface area contributed by atoms with E-state index in [-0.39, 0.29) is 11.9 Å². The molecule has 1 aromatic heterocycles. The van der Waals surface area contributed by atoms with E-state index in [9.17, 15) is 9.50 Å². The SMILES string of the molecule is OC1CCN(c2ncc(-c3ccccc3F)cn2)C1. The third-order valence-corrected chi connectivity index (χ3v) is 3.27. The van der Waals surface area contributed by atoms with Crippen LogP contribution in [0.2, 0.25) is 0 Å². The third-order valence-electron chi connectivity index (χ3n) is 3.27.